The van der Waals surface area contributed by atoms with Crippen molar-refractivity contribution in [2.45, 2.75) is 34.2 Å². The maximum absolute atomic E-state index is 13.7. The Labute approximate surface area is 192 Å². The number of likely N-dealkylation sites (N-methyl/N-ethyl adjacent to an activating group) is 1. The molecule has 8 nitrogen and oxygen atoms in total. The second kappa shape index (κ2) is 6.09. The van der Waals surface area contributed by atoms with Crippen LogP contribution in [-0.2, 0) is 14.4 Å². The number of amides is 2. The molecule has 3 unspecified atom stereocenters. The molecule has 4 aliphatic heterocycles. The lowest BCUT2D eigenvalue weighted by atomic mass is 9.98. The van der Waals surface area contributed by atoms with Gasteiger partial charge in [0.15, 0.2) is 0 Å². The lowest BCUT2D eigenvalue weighted by Crippen LogP contribution is -2.54. The number of fused-ring (bicyclic) bond motifs is 3. The Morgan fingerprint density at radius 2 is 1.88 bits per heavy atom. The van der Waals surface area contributed by atoms with Crippen LogP contribution in [-0.4, -0.2) is 78.0 Å². The Morgan fingerprint density at radius 3 is 2.36 bits per heavy atom. The third-order valence-electron chi connectivity index (χ3n) is 7.29. The summed E-state index contributed by atoms with van der Waals surface area (Å²) < 4.78 is 5.25. The van der Waals surface area contributed by atoms with Crippen molar-refractivity contribution in [2.75, 3.05) is 44.5 Å². The summed E-state index contributed by atoms with van der Waals surface area (Å²) in [5.74, 6) is -0.0216. The van der Waals surface area contributed by atoms with Gasteiger partial charge in [-0.15, -0.1) is 5.06 Å². The Bertz CT molecular complexity index is 1200. The van der Waals surface area contributed by atoms with E-state index in [9.17, 15) is 14.7 Å². The lowest BCUT2D eigenvalue weighted by Gasteiger charge is -2.75. The molecule has 2 aromatic carbocycles. The fourth-order valence-electron chi connectivity index (χ4n) is 4.95. The molecular weight excluding hydrogens is 442 g/mol. The van der Waals surface area contributed by atoms with E-state index >= 15 is 0 Å². The van der Waals surface area contributed by atoms with E-state index in [2.05, 4.69) is 42.5 Å². The number of anilines is 1. The summed E-state index contributed by atoms with van der Waals surface area (Å²) in [5.41, 5.74) is 0.258. The molecule has 0 saturated carbocycles. The van der Waals surface area contributed by atoms with Crippen LogP contribution in [0.5, 0.6) is 5.75 Å². The molecule has 2 fully saturated rings. The van der Waals surface area contributed by atoms with E-state index in [1.165, 1.54) is 14.9 Å². The monoisotopic (exact) mass is 473 g/mol. The standard InChI is InChI=1S/C24H31N3O5S/c1-26(23(30)24-14-20(28)27(24)32-24)21(15-7-9-16(31-2)10-8-15)22(29)25-18-12-11-17-13-19(18)33(17,3,4,5)6/h7-13,20-21,28H,14H2,1-6H3,(H,25,29)/t20?,21?,24?,27-/m1/s1. The number of rotatable bonds is 6. The van der Waals surface area contributed by atoms with Gasteiger partial charge in [0.25, 0.3) is 11.8 Å². The summed E-state index contributed by atoms with van der Waals surface area (Å²) >= 11 is 0. The number of aliphatic hydroxyl groups is 1. The largest absolute Gasteiger partial charge is 0.497 e. The van der Waals surface area contributed by atoms with Crippen LogP contribution in [0.1, 0.15) is 18.0 Å². The van der Waals surface area contributed by atoms with Gasteiger partial charge < -0.3 is 20.1 Å². The van der Waals surface area contributed by atoms with Gasteiger partial charge in [0.2, 0.25) is 5.72 Å². The molecule has 4 atom stereocenters. The van der Waals surface area contributed by atoms with E-state index in [4.69, 9.17) is 9.57 Å². The normalized spacial score (nSPS) is 31.5. The number of hydrogen-bond donors (Lipinski definition) is 2. The predicted octanol–water partition coefficient (Wildman–Crippen LogP) is 2.63. The van der Waals surface area contributed by atoms with Crippen LogP contribution >= 0.6 is 8.29 Å². The highest BCUT2D eigenvalue weighted by Crippen LogP contribution is 2.95. The van der Waals surface area contributed by atoms with E-state index in [1.54, 1.807) is 38.4 Å². The maximum atomic E-state index is 13.7. The van der Waals surface area contributed by atoms with E-state index < -0.39 is 26.3 Å². The topological polar surface area (TPSA) is 94.4 Å². The molecule has 2 amide bonds. The van der Waals surface area contributed by atoms with Crippen molar-refractivity contribution in [1.82, 2.24) is 9.96 Å². The molecule has 2 bridgehead atoms. The number of ether oxygens (including phenoxy) is 1. The van der Waals surface area contributed by atoms with Crippen LogP contribution in [0.4, 0.5) is 5.69 Å². The van der Waals surface area contributed by atoms with Gasteiger partial charge >= 0.3 is 0 Å². The lowest BCUT2D eigenvalue weighted by molar-refractivity contribution is -0.148. The fourth-order valence-corrected chi connectivity index (χ4v) is 8.11. The molecule has 2 N–H and O–H groups in total. The SMILES string of the molecule is COc1ccc(C(C(=O)Nc2ccc3cc2S3(C)(C)(C)C)N(C)C(=O)C23CC(O)[N@@]2O3)cc1. The van der Waals surface area contributed by atoms with Crippen molar-refractivity contribution in [3.05, 3.63) is 48.0 Å². The molecule has 178 valence electrons. The fraction of sp³-hybridized carbons (Fsp3) is 0.417. The van der Waals surface area contributed by atoms with E-state index in [0.717, 1.165) is 10.6 Å². The molecule has 4 aliphatic rings. The number of nitrogens with zero attached hydrogens (tertiary/aromatic N) is 2. The van der Waals surface area contributed by atoms with Crippen molar-refractivity contribution < 1.29 is 24.3 Å². The Kier molecular flexibility index (Phi) is 4.10. The smallest absolute Gasteiger partial charge is 0.275 e. The van der Waals surface area contributed by atoms with Crippen LogP contribution in [0.3, 0.4) is 0 Å². The Morgan fingerprint density at radius 1 is 1.21 bits per heavy atom. The summed E-state index contributed by atoms with van der Waals surface area (Å²) in [5, 5.41) is 14.1. The molecule has 9 heteroatoms. The summed E-state index contributed by atoms with van der Waals surface area (Å²) in [6, 6.07) is 12.3. The minimum absolute atomic E-state index is 0.186. The molecule has 0 aromatic heterocycles. The van der Waals surface area contributed by atoms with Crippen molar-refractivity contribution in [2.24, 2.45) is 0 Å². The van der Waals surface area contributed by atoms with Gasteiger partial charge in [-0.1, -0.05) is 12.1 Å². The first-order valence-electron chi connectivity index (χ1n) is 10.8. The number of hydroxylamine groups is 2. The van der Waals surface area contributed by atoms with Crippen molar-refractivity contribution >= 4 is 25.8 Å². The van der Waals surface area contributed by atoms with Crippen LogP contribution < -0.4 is 10.1 Å². The number of carbonyl (C=O) groups excluding carboxylic acids is 2. The van der Waals surface area contributed by atoms with Gasteiger partial charge in [0, 0.05) is 18.4 Å². The van der Waals surface area contributed by atoms with E-state index in [-0.39, 0.29) is 18.2 Å². The zero-order chi connectivity index (χ0) is 24.0. The maximum Gasteiger partial charge on any atom is 0.275 e. The number of methoxy groups -OCH3 is 1. The summed E-state index contributed by atoms with van der Waals surface area (Å²) in [4.78, 5) is 36.2. The zero-order valence-electron chi connectivity index (χ0n) is 19.8. The number of benzene rings is 2. The quantitative estimate of drug-likeness (QED) is 0.627. The van der Waals surface area contributed by atoms with Crippen LogP contribution in [0, 0.1) is 0 Å². The molecule has 2 aromatic rings. The Hall–Kier alpha value is -2.59. The third kappa shape index (κ3) is 2.96. The summed E-state index contributed by atoms with van der Waals surface area (Å²) in [6.45, 7) is 0. The summed E-state index contributed by atoms with van der Waals surface area (Å²) in [6.07, 6.45) is 8.50. The average Bonchev–Trinajstić information content (AvgIpc) is 3.39. The molecule has 4 heterocycles. The minimum atomic E-state index is -2.57. The summed E-state index contributed by atoms with van der Waals surface area (Å²) in [7, 11) is 0.596. The first-order chi connectivity index (χ1) is 15.2. The zero-order valence-corrected chi connectivity index (χ0v) is 20.6. The molecule has 2 saturated heterocycles. The van der Waals surface area contributed by atoms with Gasteiger partial charge in [-0.3, -0.25) is 14.4 Å². The molecule has 6 rings (SSSR count). The van der Waals surface area contributed by atoms with Gasteiger partial charge in [-0.25, -0.2) is 8.29 Å². The van der Waals surface area contributed by atoms with E-state index in [0.29, 0.717) is 11.3 Å². The minimum Gasteiger partial charge on any atom is -0.497 e. The number of carbonyl (C=O) groups is 2. The average molecular weight is 474 g/mol. The van der Waals surface area contributed by atoms with Crippen molar-refractivity contribution in [3.63, 3.8) is 0 Å². The van der Waals surface area contributed by atoms with Gasteiger partial charge in [-0.2, -0.15) is 0 Å². The van der Waals surface area contributed by atoms with Crippen molar-refractivity contribution in [1.29, 1.82) is 0 Å². The number of nitrogens with one attached hydrogen (secondary N) is 1. The second-order valence-corrected chi connectivity index (χ2v) is 20.6. The van der Waals surface area contributed by atoms with Crippen molar-refractivity contribution in [3.8, 4) is 5.75 Å². The Balaban J connectivity index is 1.47. The molecular formula is C24H31N3O5S. The number of hydrogen-bond acceptors (Lipinski definition) is 6. The molecule has 33 heavy (non-hydrogen) atoms. The second-order valence-electron chi connectivity index (χ2n) is 11.3. The first-order valence-corrected chi connectivity index (χ1v) is 14.8. The van der Waals surface area contributed by atoms with Crippen LogP contribution in [0.15, 0.2) is 52.3 Å². The highest BCUT2D eigenvalue weighted by molar-refractivity contribution is 8.63. The van der Waals surface area contributed by atoms with E-state index in [1.807, 2.05) is 6.07 Å². The first kappa shape index (κ1) is 22.2. The molecule has 0 radical (unpaired) electrons. The highest BCUT2D eigenvalue weighted by Gasteiger charge is 2.75. The number of aliphatic hydroxyl groups excluding tert-OH is 1. The predicted molar refractivity (Wildman–Crippen MR) is 128 cm³/mol. The van der Waals surface area contributed by atoms with Gasteiger partial charge in [-0.05, 0) is 65.8 Å². The van der Waals surface area contributed by atoms with Gasteiger partial charge in [0.05, 0.1) is 12.8 Å². The van der Waals surface area contributed by atoms with Crippen LogP contribution in [0.2, 0.25) is 0 Å². The van der Waals surface area contributed by atoms with Gasteiger partial charge in [0.1, 0.15) is 18.0 Å². The highest BCUT2D eigenvalue weighted by atomic mass is 32.4. The molecule has 0 aliphatic carbocycles. The third-order valence-corrected chi connectivity index (χ3v) is 12.0. The molecule has 0 spiro atoms. The van der Waals surface area contributed by atoms with Crippen LogP contribution in [0.25, 0.3) is 0 Å².